The molecule has 16 heteroatoms. The maximum atomic E-state index is 14.6. The Hall–Kier alpha value is -0.670. The number of methoxy groups -OCH3 is 1. The highest BCUT2D eigenvalue weighted by Crippen LogP contribution is 2.31. The van der Waals surface area contributed by atoms with Crippen LogP contribution in [0.15, 0.2) is 0 Å². The van der Waals surface area contributed by atoms with Gasteiger partial charge in [-0.2, -0.15) is 0 Å². The molecule has 15 atom stereocenters. The summed E-state index contributed by atoms with van der Waals surface area (Å²) in [5.74, 6) is 0. The van der Waals surface area contributed by atoms with E-state index in [1.165, 1.54) is 0 Å². The Bertz CT molecular complexity index is 658. The molecule has 0 spiro atoms. The number of hydrogen-bond donors (Lipinski definition) is 9. The predicted octanol–water partition coefficient (Wildman–Crippen LogP) is -5.94. The summed E-state index contributed by atoms with van der Waals surface area (Å²) in [7, 11) is 1.16. The Morgan fingerprint density at radius 2 is 1.17 bits per heavy atom. The average Bonchev–Trinajstić information content (AvgIpc) is 2.85. The number of aliphatic hydroxyl groups is 9. The van der Waals surface area contributed by atoms with E-state index < -0.39 is 112 Å². The lowest BCUT2D eigenvalue weighted by atomic mass is 9.97. The first-order chi connectivity index (χ1) is 16.5. The van der Waals surface area contributed by atoms with Crippen molar-refractivity contribution in [3.8, 4) is 0 Å². The molecular weight excluding hydrogens is 487 g/mol. The number of alkyl halides is 1. The maximum absolute atomic E-state index is 14.6. The molecule has 3 fully saturated rings. The zero-order valence-corrected chi connectivity index (χ0v) is 18.6. The molecule has 3 rings (SSSR count). The Labute approximate surface area is 198 Å². The van der Waals surface area contributed by atoms with Crippen LogP contribution >= 0.6 is 0 Å². The van der Waals surface area contributed by atoms with Gasteiger partial charge in [-0.3, -0.25) is 0 Å². The molecule has 0 unspecified atom stereocenters. The fraction of sp³-hybridized carbons (Fsp3) is 1.00. The first-order valence-electron chi connectivity index (χ1n) is 10.9. The van der Waals surface area contributed by atoms with Crippen LogP contribution in [-0.2, 0) is 28.4 Å². The van der Waals surface area contributed by atoms with Crippen LogP contribution in [-0.4, -0.2) is 165 Å². The van der Waals surface area contributed by atoms with Gasteiger partial charge in [-0.25, -0.2) is 4.39 Å². The van der Waals surface area contributed by atoms with E-state index in [1.807, 2.05) is 0 Å². The smallest absolute Gasteiger partial charge is 0.192 e. The van der Waals surface area contributed by atoms with Crippen molar-refractivity contribution >= 4 is 0 Å². The van der Waals surface area contributed by atoms with Crippen molar-refractivity contribution in [2.75, 3.05) is 26.9 Å². The van der Waals surface area contributed by atoms with Crippen LogP contribution in [0, 0.1) is 0 Å². The van der Waals surface area contributed by atoms with Gasteiger partial charge in [0.15, 0.2) is 25.0 Å². The van der Waals surface area contributed by atoms with E-state index in [9.17, 15) is 50.3 Å². The third-order valence-electron chi connectivity index (χ3n) is 6.24. The molecule has 0 aliphatic carbocycles. The van der Waals surface area contributed by atoms with E-state index in [1.54, 1.807) is 0 Å². The van der Waals surface area contributed by atoms with E-state index in [-0.39, 0.29) is 0 Å². The lowest BCUT2D eigenvalue weighted by Gasteiger charge is -2.46. The number of hydrogen-bond acceptors (Lipinski definition) is 15. The number of rotatable bonds is 8. The first kappa shape index (κ1) is 28.9. The SMILES string of the molecule is CO[C@@H]1O[C@H](CO[C@H]2O[C@H](CO)[C@@H](O)[C@H](O)[C@@H]2O)[C@@H](O)[C@H](O[C@H]2O[C@H](CO)[C@@H](O)[C@H](O)[C@@H]2F)[C@@H]1O. The molecule has 9 N–H and O–H groups in total. The third-order valence-corrected chi connectivity index (χ3v) is 6.24. The second-order valence-electron chi connectivity index (χ2n) is 8.54. The fourth-order valence-corrected chi connectivity index (χ4v) is 4.10. The average molecular weight is 520 g/mol. The van der Waals surface area contributed by atoms with Gasteiger partial charge in [-0.15, -0.1) is 0 Å². The van der Waals surface area contributed by atoms with Crippen LogP contribution in [0.3, 0.4) is 0 Å². The quantitative estimate of drug-likeness (QED) is 0.145. The minimum absolute atomic E-state index is 0.554. The second-order valence-corrected chi connectivity index (χ2v) is 8.54. The molecule has 0 amide bonds. The van der Waals surface area contributed by atoms with Gasteiger partial charge in [-0.05, 0) is 0 Å². The van der Waals surface area contributed by atoms with Gasteiger partial charge in [-0.1, -0.05) is 0 Å². The first-order valence-corrected chi connectivity index (χ1v) is 10.9. The number of halogens is 1. The van der Waals surface area contributed by atoms with Gasteiger partial charge >= 0.3 is 0 Å². The molecule has 0 aromatic carbocycles. The second kappa shape index (κ2) is 12.2. The highest BCUT2D eigenvalue weighted by atomic mass is 19.1. The van der Waals surface area contributed by atoms with Crippen LogP contribution in [0.5, 0.6) is 0 Å². The lowest BCUT2D eigenvalue weighted by molar-refractivity contribution is -0.359. The molecule has 0 aromatic heterocycles. The van der Waals surface area contributed by atoms with Gasteiger partial charge in [0.25, 0.3) is 0 Å². The number of aliphatic hydroxyl groups excluding tert-OH is 9. The van der Waals surface area contributed by atoms with Crippen molar-refractivity contribution in [3.05, 3.63) is 0 Å². The minimum Gasteiger partial charge on any atom is -0.394 e. The standard InChI is InChI=1S/C19H33FO15/c1-30-18-15(29)16(35-17-8(20)12(26)9(23)5(2-21)32-17)11(25)7(34-18)4-31-19-14(28)13(27)10(24)6(3-22)33-19/h5-19,21-29H,2-4H2,1H3/t5-,6-,7-,8+,9-,10-,11-,12-,13+,14+,15+,16+,17-,18-,19+/m1/s1. The van der Waals surface area contributed by atoms with Crippen molar-refractivity contribution < 1.29 is 78.8 Å². The van der Waals surface area contributed by atoms with Gasteiger partial charge in [0.2, 0.25) is 0 Å². The van der Waals surface area contributed by atoms with E-state index in [2.05, 4.69) is 0 Å². The third kappa shape index (κ3) is 5.92. The van der Waals surface area contributed by atoms with Crippen LogP contribution in [0.1, 0.15) is 0 Å². The molecule has 0 radical (unpaired) electrons. The molecule has 3 heterocycles. The topological polar surface area (TPSA) is 237 Å². The van der Waals surface area contributed by atoms with E-state index in [0.717, 1.165) is 7.11 Å². The summed E-state index contributed by atoms with van der Waals surface area (Å²) in [5.41, 5.74) is 0. The maximum Gasteiger partial charge on any atom is 0.192 e. The molecular formula is C19H33FO15. The predicted molar refractivity (Wildman–Crippen MR) is 105 cm³/mol. The molecule has 206 valence electrons. The summed E-state index contributed by atoms with van der Waals surface area (Å²) < 4.78 is 46.1. The summed E-state index contributed by atoms with van der Waals surface area (Å²) >= 11 is 0. The minimum atomic E-state index is -2.31. The summed E-state index contributed by atoms with van der Waals surface area (Å²) in [6.07, 6.45) is -25.0. The summed E-state index contributed by atoms with van der Waals surface area (Å²) in [6.45, 7) is -2.02. The zero-order valence-electron chi connectivity index (χ0n) is 18.6. The number of ether oxygens (including phenoxy) is 6. The fourth-order valence-electron chi connectivity index (χ4n) is 4.10. The zero-order chi connectivity index (χ0) is 26.0. The normalized spacial score (nSPS) is 51.3. The molecule has 0 saturated carbocycles. The summed E-state index contributed by atoms with van der Waals surface area (Å²) in [4.78, 5) is 0. The van der Waals surface area contributed by atoms with E-state index >= 15 is 0 Å². The van der Waals surface area contributed by atoms with Crippen molar-refractivity contribution in [2.45, 2.75) is 92.2 Å². The lowest BCUT2D eigenvalue weighted by Crippen LogP contribution is -2.64. The van der Waals surface area contributed by atoms with Crippen LogP contribution < -0.4 is 0 Å². The van der Waals surface area contributed by atoms with Crippen molar-refractivity contribution in [1.29, 1.82) is 0 Å². The molecule has 0 bridgehead atoms. The van der Waals surface area contributed by atoms with Gasteiger partial charge in [0.1, 0.15) is 67.1 Å². The van der Waals surface area contributed by atoms with Crippen molar-refractivity contribution in [3.63, 3.8) is 0 Å². The molecule has 3 aliphatic heterocycles. The Morgan fingerprint density at radius 1 is 0.629 bits per heavy atom. The highest BCUT2D eigenvalue weighted by molar-refractivity contribution is 4.95. The molecule has 0 aromatic rings. The Morgan fingerprint density at radius 3 is 1.74 bits per heavy atom. The van der Waals surface area contributed by atoms with Crippen LogP contribution in [0.2, 0.25) is 0 Å². The van der Waals surface area contributed by atoms with Crippen molar-refractivity contribution in [1.82, 2.24) is 0 Å². The summed E-state index contributed by atoms with van der Waals surface area (Å²) in [6, 6.07) is 0. The Balaban J connectivity index is 1.69. The summed E-state index contributed by atoms with van der Waals surface area (Å²) in [5, 5.41) is 89.3. The molecule has 3 aliphatic rings. The van der Waals surface area contributed by atoms with Crippen LogP contribution in [0.4, 0.5) is 4.39 Å². The molecule has 35 heavy (non-hydrogen) atoms. The molecule has 15 nitrogen and oxygen atoms in total. The van der Waals surface area contributed by atoms with Crippen molar-refractivity contribution in [2.24, 2.45) is 0 Å². The van der Waals surface area contributed by atoms with Gasteiger partial charge in [0.05, 0.1) is 19.8 Å². The van der Waals surface area contributed by atoms with Gasteiger partial charge in [0, 0.05) is 7.11 Å². The largest absolute Gasteiger partial charge is 0.394 e. The Kier molecular flexibility index (Phi) is 10.1. The van der Waals surface area contributed by atoms with Crippen LogP contribution in [0.25, 0.3) is 0 Å². The molecule has 3 saturated heterocycles. The monoisotopic (exact) mass is 520 g/mol. The highest BCUT2D eigenvalue weighted by Gasteiger charge is 2.52. The van der Waals surface area contributed by atoms with Gasteiger partial charge < -0.3 is 74.4 Å². The van der Waals surface area contributed by atoms with E-state index in [0.29, 0.717) is 0 Å². The van der Waals surface area contributed by atoms with E-state index in [4.69, 9.17) is 28.4 Å².